The Morgan fingerprint density at radius 1 is 1.21 bits per heavy atom. The Bertz CT molecular complexity index is 942. The number of amides is 1. The van der Waals surface area contributed by atoms with Gasteiger partial charge in [0, 0.05) is 45.7 Å². The number of carbonyl (C=O) groups is 2. The first-order valence-corrected chi connectivity index (χ1v) is 12.1. The van der Waals surface area contributed by atoms with Crippen LogP contribution in [0.4, 0.5) is 5.82 Å². The molecule has 0 spiro atoms. The molecule has 2 aromatic heterocycles. The van der Waals surface area contributed by atoms with Gasteiger partial charge in [-0.05, 0) is 62.0 Å². The van der Waals surface area contributed by atoms with Crippen LogP contribution in [0.2, 0.25) is 0 Å². The summed E-state index contributed by atoms with van der Waals surface area (Å²) in [7, 11) is 0. The predicted octanol–water partition coefficient (Wildman–Crippen LogP) is 3.29. The second-order valence-corrected chi connectivity index (χ2v) is 9.98. The van der Waals surface area contributed by atoms with E-state index in [2.05, 4.69) is 46.0 Å². The van der Waals surface area contributed by atoms with Crippen LogP contribution in [0.5, 0.6) is 0 Å². The highest BCUT2D eigenvalue weighted by molar-refractivity contribution is 5.92. The van der Waals surface area contributed by atoms with Gasteiger partial charge in [0.05, 0.1) is 0 Å². The van der Waals surface area contributed by atoms with Gasteiger partial charge in [-0.15, -0.1) is 0 Å². The maximum Gasteiger partial charge on any atom is 0.273 e. The van der Waals surface area contributed by atoms with Crippen molar-refractivity contribution in [3.8, 4) is 0 Å². The van der Waals surface area contributed by atoms with Gasteiger partial charge in [-0.25, -0.2) is 4.98 Å². The molecule has 2 saturated heterocycles. The van der Waals surface area contributed by atoms with Gasteiger partial charge in [0.1, 0.15) is 18.4 Å². The summed E-state index contributed by atoms with van der Waals surface area (Å²) in [6.07, 6.45) is 8.18. The van der Waals surface area contributed by atoms with E-state index in [1.807, 2.05) is 25.1 Å². The summed E-state index contributed by atoms with van der Waals surface area (Å²) in [5.41, 5.74) is 1.75. The van der Waals surface area contributed by atoms with Gasteiger partial charge in [-0.2, -0.15) is 0 Å². The van der Waals surface area contributed by atoms with Crippen LogP contribution >= 0.6 is 0 Å². The maximum absolute atomic E-state index is 12.7. The highest BCUT2D eigenvalue weighted by atomic mass is 16.5. The Balaban J connectivity index is 0.00000127. The summed E-state index contributed by atoms with van der Waals surface area (Å²) in [6.45, 7) is 7.36. The lowest BCUT2D eigenvalue weighted by molar-refractivity contribution is -0.0980. The lowest BCUT2D eigenvalue weighted by Crippen LogP contribution is -2.56. The average molecular weight is 476 g/mol. The average Bonchev–Trinajstić information content (AvgIpc) is 3.54. The molecule has 9 nitrogen and oxygen atoms in total. The smallest absolute Gasteiger partial charge is 0.273 e. The molecular formula is C25H41N5O4. The third kappa shape index (κ3) is 6.21. The van der Waals surface area contributed by atoms with Crippen LogP contribution in [0.25, 0.3) is 0 Å². The van der Waals surface area contributed by atoms with E-state index in [1.54, 1.807) is 0 Å². The molecule has 2 aromatic rings. The van der Waals surface area contributed by atoms with Crippen molar-refractivity contribution in [3.63, 3.8) is 0 Å². The first-order chi connectivity index (χ1) is 16.0. The quantitative estimate of drug-likeness (QED) is 0.558. The molecule has 190 valence electrons. The molecule has 2 aliphatic heterocycles. The number of nitrogens with one attached hydrogen (secondary N) is 3. The molecule has 0 aromatic carbocycles. The van der Waals surface area contributed by atoms with E-state index in [-0.39, 0.29) is 20.3 Å². The fourth-order valence-electron chi connectivity index (χ4n) is 5.15. The zero-order chi connectivity index (χ0) is 23.4. The minimum Gasteiger partial charge on any atom is -0.412 e. The number of hydrogen-bond acceptors (Lipinski definition) is 7. The van der Waals surface area contributed by atoms with Gasteiger partial charge in [-0.1, -0.05) is 25.1 Å². The molecule has 2 unspecified atom stereocenters. The summed E-state index contributed by atoms with van der Waals surface area (Å²) in [6, 6.07) is 7.07. The number of carbonyl (C=O) groups excluding carboxylic acids is 2. The van der Waals surface area contributed by atoms with Crippen molar-refractivity contribution in [2.45, 2.75) is 82.3 Å². The monoisotopic (exact) mass is 475 g/mol. The number of pyridine rings is 1. The highest BCUT2D eigenvalue weighted by Crippen LogP contribution is 2.40. The van der Waals surface area contributed by atoms with Crippen molar-refractivity contribution in [3.05, 3.63) is 41.4 Å². The second-order valence-electron chi connectivity index (χ2n) is 9.98. The molecule has 1 saturated carbocycles. The van der Waals surface area contributed by atoms with Crippen LogP contribution in [0.15, 0.2) is 28.9 Å². The zero-order valence-electron chi connectivity index (χ0n) is 20.0. The molecule has 1 aliphatic carbocycles. The van der Waals surface area contributed by atoms with Crippen molar-refractivity contribution in [2.24, 2.45) is 5.92 Å². The van der Waals surface area contributed by atoms with E-state index >= 15 is 0 Å². The van der Waals surface area contributed by atoms with Crippen molar-refractivity contribution >= 4 is 18.5 Å². The van der Waals surface area contributed by atoms with Gasteiger partial charge in [0.2, 0.25) is 0 Å². The molecule has 34 heavy (non-hydrogen) atoms. The molecule has 9 heteroatoms. The molecule has 0 radical (unpaired) electrons. The van der Waals surface area contributed by atoms with E-state index in [1.165, 1.54) is 5.56 Å². The number of aromatic nitrogens is 2. The minimum atomic E-state index is -0.107. The number of anilines is 1. The number of rotatable bonds is 7. The summed E-state index contributed by atoms with van der Waals surface area (Å²) < 4.78 is 5.35. The Labute approximate surface area is 203 Å². The zero-order valence-corrected chi connectivity index (χ0v) is 20.0. The molecule has 2 atom stereocenters. The molecule has 3 fully saturated rings. The molecule has 2 bridgehead atoms. The van der Waals surface area contributed by atoms with Crippen molar-refractivity contribution in [1.82, 2.24) is 20.8 Å². The molecule has 1 amide bonds. The minimum absolute atomic E-state index is 0. The van der Waals surface area contributed by atoms with Crippen molar-refractivity contribution in [1.29, 1.82) is 0 Å². The third-order valence-corrected chi connectivity index (χ3v) is 6.78. The van der Waals surface area contributed by atoms with E-state index in [9.17, 15) is 4.79 Å². The van der Waals surface area contributed by atoms with Gasteiger partial charge in [0.15, 0.2) is 5.69 Å². The van der Waals surface area contributed by atoms with Gasteiger partial charge < -0.3 is 30.7 Å². The van der Waals surface area contributed by atoms with E-state index in [0.29, 0.717) is 35.5 Å². The fourth-order valence-corrected chi connectivity index (χ4v) is 5.15. The number of piperidine rings is 2. The molecule has 5 rings (SSSR count). The number of fused-ring (bicyclic) bond motifs is 2. The van der Waals surface area contributed by atoms with Gasteiger partial charge in [0.25, 0.3) is 5.91 Å². The molecule has 4 heterocycles. The lowest BCUT2D eigenvalue weighted by atomic mass is 9.75. The van der Waals surface area contributed by atoms with Crippen LogP contribution in [0.3, 0.4) is 0 Å². The Kier molecular flexibility index (Phi) is 8.79. The molecule has 3 aliphatic rings. The van der Waals surface area contributed by atoms with Crippen molar-refractivity contribution in [2.75, 3.05) is 11.9 Å². The largest absolute Gasteiger partial charge is 0.412 e. The van der Waals surface area contributed by atoms with Crippen LogP contribution in [-0.2, 0) is 4.79 Å². The van der Waals surface area contributed by atoms with Crippen LogP contribution in [0, 0.1) is 5.92 Å². The fraction of sp³-hybridized carbons (Fsp3) is 0.600. The first kappa shape index (κ1) is 25.8. The third-order valence-electron chi connectivity index (χ3n) is 6.78. The summed E-state index contributed by atoms with van der Waals surface area (Å²) in [5.74, 6) is 3.32. The Morgan fingerprint density at radius 3 is 2.56 bits per heavy atom. The second kappa shape index (κ2) is 11.6. The topological polar surface area (TPSA) is 141 Å². The highest BCUT2D eigenvalue weighted by Gasteiger charge is 2.38. The van der Waals surface area contributed by atoms with Crippen molar-refractivity contribution < 1.29 is 22.4 Å². The lowest BCUT2D eigenvalue weighted by Gasteiger charge is -2.44. The van der Waals surface area contributed by atoms with Gasteiger partial charge in [-0.3, -0.25) is 4.79 Å². The van der Waals surface area contributed by atoms with E-state index in [4.69, 9.17) is 9.32 Å². The summed E-state index contributed by atoms with van der Waals surface area (Å²) in [5, 5.41) is 14.5. The van der Waals surface area contributed by atoms with E-state index in [0.717, 1.165) is 56.6 Å². The predicted molar refractivity (Wildman–Crippen MR) is 134 cm³/mol. The van der Waals surface area contributed by atoms with E-state index < -0.39 is 0 Å². The summed E-state index contributed by atoms with van der Waals surface area (Å²) in [4.78, 5) is 25.3. The molecular weight excluding hydrogens is 434 g/mol. The standard InChI is InChI=1S/C24H33N5O2.CH2O.H2O.2H2/c1-14(2)13-26-23-20(4-3-7-25-23)16-8-17-10-19(11-18(9-16)27-17)28-24(30)21-12-22(31-29-21)15-5-6-15;1-2;;;/h3-4,7,12,14-19,27H,5-6,8-11,13H2,1-2H3,(H,25,26)(H,28,30);1H2;1H2;2*1H. The Morgan fingerprint density at radius 2 is 1.91 bits per heavy atom. The van der Waals surface area contributed by atoms with Crippen LogP contribution in [0.1, 0.15) is 88.9 Å². The van der Waals surface area contributed by atoms with Crippen LogP contribution in [-0.4, -0.2) is 53.0 Å². The first-order valence-electron chi connectivity index (χ1n) is 12.1. The molecule has 5 N–H and O–H groups in total. The maximum atomic E-state index is 12.7. The Hall–Kier alpha value is -2.78. The number of hydrogen-bond donors (Lipinski definition) is 3. The normalized spacial score (nSPS) is 25.5. The van der Waals surface area contributed by atoms with Gasteiger partial charge >= 0.3 is 0 Å². The van der Waals surface area contributed by atoms with Crippen LogP contribution < -0.4 is 16.0 Å². The number of nitrogens with zero attached hydrogens (tertiary/aromatic N) is 2. The summed E-state index contributed by atoms with van der Waals surface area (Å²) >= 11 is 0. The SMILES string of the molecule is C=O.CC(C)CNc1ncccc1C1CC2CC(NC(=O)c3cc(C4CC4)on3)CC(C1)N2.O.[HH].[HH].